The maximum atomic E-state index is 12.1. The molecular weight excluding hydrogens is 297 g/mol. The molecule has 0 unspecified atom stereocenters. The first-order valence-corrected chi connectivity index (χ1v) is 6.41. The van der Waals surface area contributed by atoms with Crippen LogP contribution in [0, 0.1) is 0 Å². The normalized spacial score (nSPS) is 13.4. The van der Waals surface area contributed by atoms with Crippen molar-refractivity contribution in [3.8, 4) is 0 Å². The minimum Gasteiger partial charge on any atom is -0.478 e. The molecule has 1 aromatic heterocycles. The lowest BCUT2D eigenvalue weighted by molar-refractivity contribution is -0.131. The molecule has 0 saturated heterocycles. The maximum absolute atomic E-state index is 12.1. The van der Waals surface area contributed by atoms with E-state index in [0.29, 0.717) is 0 Å². The molecule has 0 aliphatic carbocycles. The average molecular weight is 302 g/mol. The van der Waals surface area contributed by atoms with Crippen molar-refractivity contribution in [2.24, 2.45) is 0 Å². The van der Waals surface area contributed by atoms with Crippen LogP contribution in [0.4, 0.5) is 13.2 Å². The van der Waals surface area contributed by atoms with E-state index >= 15 is 0 Å². The second kappa shape index (κ2) is 4.98. The molecule has 5 nitrogen and oxygen atoms in total. The van der Waals surface area contributed by atoms with E-state index in [2.05, 4.69) is 4.18 Å². The highest BCUT2D eigenvalue weighted by molar-refractivity contribution is 7.87. The van der Waals surface area contributed by atoms with Gasteiger partial charge >= 0.3 is 21.6 Å². The van der Waals surface area contributed by atoms with E-state index in [0.717, 1.165) is 11.3 Å². The molecule has 0 amide bonds. The van der Waals surface area contributed by atoms with Gasteiger partial charge in [-0.2, -0.15) is 21.6 Å². The lowest BCUT2D eigenvalue weighted by Gasteiger charge is -2.10. The van der Waals surface area contributed by atoms with Gasteiger partial charge in [-0.1, -0.05) is 6.07 Å². The van der Waals surface area contributed by atoms with Crippen LogP contribution < -0.4 is 0 Å². The minimum absolute atomic E-state index is 0.0507. The Morgan fingerprint density at radius 2 is 2.06 bits per heavy atom. The van der Waals surface area contributed by atoms with Crippen LogP contribution in [0.5, 0.6) is 0 Å². The van der Waals surface area contributed by atoms with Gasteiger partial charge in [-0.3, -0.25) is 0 Å². The molecule has 18 heavy (non-hydrogen) atoms. The highest BCUT2D eigenvalue weighted by Gasteiger charge is 2.49. The zero-order valence-corrected chi connectivity index (χ0v) is 9.97. The van der Waals surface area contributed by atoms with E-state index in [1.807, 2.05) is 0 Å². The van der Waals surface area contributed by atoms with Gasteiger partial charge in [0.2, 0.25) is 0 Å². The van der Waals surface area contributed by atoms with Gasteiger partial charge in [-0.15, -0.1) is 11.3 Å². The number of aliphatic carboxylic acids is 1. The van der Waals surface area contributed by atoms with Gasteiger partial charge in [0.1, 0.15) is 0 Å². The SMILES string of the molecule is O=C(O)/C=C(/OS(=O)(=O)C(F)(F)F)c1cccs1. The molecule has 0 aromatic carbocycles. The predicted molar refractivity (Wildman–Crippen MR) is 56.0 cm³/mol. The van der Waals surface area contributed by atoms with Crippen LogP contribution in [0.2, 0.25) is 0 Å². The average Bonchev–Trinajstić information content (AvgIpc) is 2.65. The third kappa shape index (κ3) is 3.47. The van der Waals surface area contributed by atoms with Crippen LogP contribution >= 0.6 is 11.3 Å². The Kier molecular flexibility index (Phi) is 4.02. The molecule has 1 aromatic rings. The summed E-state index contributed by atoms with van der Waals surface area (Å²) >= 11 is 0.836. The number of hydrogen-bond donors (Lipinski definition) is 1. The lowest BCUT2D eigenvalue weighted by atomic mass is 10.4. The first-order chi connectivity index (χ1) is 8.13. The van der Waals surface area contributed by atoms with Crippen molar-refractivity contribution in [1.82, 2.24) is 0 Å². The Morgan fingerprint density at radius 3 is 2.44 bits per heavy atom. The number of carboxylic acid groups (broad SMARTS) is 1. The molecule has 10 heteroatoms. The van der Waals surface area contributed by atoms with Crippen molar-refractivity contribution in [2.75, 3.05) is 0 Å². The summed E-state index contributed by atoms with van der Waals surface area (Å²) in [7, 11) is -5.89. The fourth-order valence-corrected chi connectivity index (χ4v) is 2.03. The zero-order chi connectivity index (χ0) is 14.0. The number of carbonyl (C=O) groups is 1. The van der Waals surface area contributed by atoms with E-state index in [1.165, 1.54) is 17.5 Å². The Morgan fingerprint density at radius 1 is 1.44 bits per heavy atom. The van der Waals surface area contributed by atoms with Crippen LogP contribution in [0.3, 0.4) is 0 Å². The van der Waals surface area contributed by atoms with Crippen molar-refractivity contribution in [2.45, 2.75) is 5.51 Å². The zero-order valence-electron chi connectivity index (χ0n) is 8.34. The van der Waals surface area contributed by atoms with Crippen molar-refractivity contribution >= 4 is 33.2 Å². The van der Waals surface area contributed by atoms with E-state index in [4.69, 9.17) is 5.11 Å². The molecule has 1 rings (SSSR count). The summed E-state index contributed by atoms with van der Waals surface area (Å²) < 4.78 is 61.6. The van der Waals surface area contributed by atoms with Crippen LogP contribution in [-0.4, -0.2) is 25.0 Å². The Hall–Kier alpha value is -1.55. The van der Waals surface area contributed by atoms with Gasteiger partial charge in [0.25, 0.3) is 0 Å². The third-order valence-corrected chi connectivity index (χ3v) is 3.35. The van der Waals surface area contributed by atoms with E-state index in [1.54, 1.807) is 0 Å². The second-order valence-corrected chi connectivity index (χ2v) is 5.29. The van der Waals surface area contributed by atoms with Crippen molar-refractivity contribution in [3.05, 3.63) is 28.5 Å². The number of alkyl halides is 3. The molecule has 1 heterocycles. The van der Waals surface area contributed by atoms with Crippen LogP contribution in [0.25, 0.3) is 5.76 Å². The van der Waals surface area contributed by atoms with Gasteiger partial charge < -0.3 is 9.29 Å². The molecule has 1 N–H and O–H groups in total. The van der Waals surface area contributed by atoms with E-state index < -0.39 is 27.4 Å². The van der Waals surface area contributed by atoms with Crippen molar-refractivity contribution in [1.29, 1.82) is 0 Å². The molecule has 0 saturated carbocycles. The number of thiophene rings is 1. The molecule has 0 bridgehead atoms. The van der Waals surface area contributed by atoms with Gasteiger partial charge in [-0.05, 0) is 11.4 Å². The van der Waals surface area contributed by atoms with Crippen LogP contribution in [0.1, 0.15) is 4.88 Å². The third-order valence-electron chi connectivity index (χ3n) is 1.50. The maximum Gasteiger partial charge on any atom is 0.534 e. The monoisotopic (exact) mass is 302 g/mol. The Balaban J connectivity index is 3.14. The number of hydrogen-bond acceptors (Lipinski definition) is 5. The summed E-state index contributed by atoms with van der Waals surface area (Å²) in [4.78, 5) is 10.4. The molecule has 0 fully saturated rings. The summed E-state index contributed by atoms with van der Waals surface area (Å²) in [6, 6.07) is 2.63. The fraction of sp³-hybridized carbons (Fsp3) is 0.125. The van der Waals surface area contributed by atoms with Gasteiger partial charge in [0.05, 0.1) is 11.0 Å². The van der Waals surface area contributed by atoms with Crippen LogP contribution in [-0.2, 0) is 19.1 Å². The molecule has 0 aliphatic heterocycles. The van der Waals surface area contributed by atoms with E-state index in [-0.39, 0.29) is 11.0 Å². The van der Waals surface area contributed by atoms with Gasteiger partial charge in [0.15, 0.2) is 5.76 Å². The Bertz CT molecular complexity index is 556. The molecular formula is C8H5F3O5S2. The summed E-state index contributed by atoms with van der Waals surface area (Å²) in [5.41, 5.74) is -5.62. The standard InChI is InChI=1S/C8H5F3O5S2/c9-8(10,11)18(14,15)16-5(4-7(12)13)6-2-1-3-17-6/h1-4H,(H,12,13)/b5-4+. The second-order valence-electron chi connectivity index (χ2n) is 2.81. The number of carboxylic acids is 1. The first kappa shape index (κ1) is 14.5. The van der Waals surface area contributed by atoms with E-state index in [9.17, 15) is 26.4 Å². The summed E-state index contributed by atoms with van der Waals surface area (Å²) in [5.74, 6) is -2.52. The topological polar surface area (TPSA) is 80.7 Å². The smallest absolute Gasteiger partial charge is 0.478 e. The van der Waals surface area contributed by atoms with Crippen molar-refractivity contribution in [3.63, 3.8) is 0 Å². The predicted octanol–water partition coefficient (Wildman–Crippen LogP) is 2.04. The van der Waals surface area contributed by atoms with Gasteiger partial charge in [-0.25, -0.2) is 4.79 Å². The largest absolute Gasteiger partial charge is 0.534 e. The quantitative estimate of drug-likeness (QED) is 0.398. The summed E-state index contributed by atoms with van der Waals surface area (Å²) in [6.45, 7) is 0. The molecule has 0 aliphatic rings. The summed E-state index contributed by atoms with van der Waals surface area (Å²) in [6.07, 6.45) is 0.245. The highest BCUT2D eigenvalue weighted by atomic mass is 32.2. The molecule has 0 radical (unpaired) electrons. The minimum atomic E-state index is -5.89. The fourth-order valence-electron chi connectivity index (χ4n) is 0.833. The highest BCUT2D eigenvalue weighted by Crippen LogP contribution is 2.31. The molecule has 0 atom stereocenters. The lowest BCUT2D eigenvalue weighted by Crippen LogP contribution is -2.25. The Labute approximate surface area is 103 Å². The van der Waals surface area contributed by atoms with Crippen molar-refractivity contribution < 1.29 is 35.7 Å². The number of rotatable bonds is 4. The molecule has 0 spiro atoms. The molecule has 100 valence electrons. The van der Waals surface area contributed by atoms with Crippen LogP contribution in [0.15, 0.2) is 23.6 Å². The number of halogens is 3. The van der Waals surface area contributed by atoms with Gasteiger partial charge in [0, 0.05) is 0 Å². The summed E-state index contributed by atoms with van der Waals surface area (Å²) in [5, 5.41) is 9.88. The first-order valence-electron chi connectivity index (χ1n) is 4.13.